The molecular weight excluding hydrogens is 184 g/mol. The Kier molecular flexibility index (Phi) is 4.60. The highest BCUT2D eigenvalue weighted by Crippen LogP contribution is 2.37. The summed E-state index contributed by atoms with van der Waals surface area (Å²) >= 11 is 0. The Morgan fingerprint density at radius 2 is 1.87 bits per heavy atom. The maximum atomic E-state index is 2.60. The summed E-state index contributed by atoms with van der Waals surface area (Å²) < 4.78 is 0. The molecule has 2 rings (SSSR count). The fourth-order valence-corrected chi connectivity index (χ4v) is 2.94. The molecule has 0 bridgehead atoms. The van der Waals surface area contributed by atoms with Crippen molar-refractivity contribution in [3.63, 3.8) is 0 Å². The van der Waals surface area contributed by atoms with Gasteiger partial charge in [-0.05, 0) is 38.9 Å². The first-order chi connectivity index (χ1) is 7.16. The van der Waals surface area contributed by atoms with Crippen molar-refractivity contribution in [3.05, 3.63) is 0 Å². The zero-order chi connectivity index (χ0) is 11.5. The Bertz CT molecular complexity index is 185. The van der Waals surface area contributed by atoms with E-state index >= 15 is 0 Å². The minimum absolute atomic E-state index is 0.563. The molecule has 2 saturated heterocycles. The molecule has 0 N–H and O–H groups in total. The molecule has 15 heavy (non-hydrogen) atoms. The zero-order valence-electron chi connectivity index (χ0n) is 11.2. The molecule has 0 aromatic rings. The molecule has 0 aromatic carbocycles. The quantitative estimate of drug-likeness (QED) is 0.659. The van der Waals surface area contributed by atoms with Crippen LogP contribution in [0, 0.1) is 5.92 Å². The lowest BCUT2D eigenvalue weighted by molar-refractivity contribution is -0.0747. The van der Waals surface area contributed by atoms with Crippen molar-refractivity contribution >= 4 is 0 Å². The molecule has 0 saturated carbocycles. The fraction of sp³-hybridized carbons (Fsp3) is 1.00. The van der Waals surface area contributed by atoms with E-state index in [0.717, 1.165) is 5.92 Å². The average molecular weight is 212 g/mol. The van der Waals surface area contributed by atoms with Crippen molar-refractivity contribution in [1.29, 1.82) is 0 Å². The SMILES string of the molecule is CC.CCN1CC2(CC(C)CCN2C)C1. The average Bonchev–Trinajstić information content (AvgIpc) is 2.21. The highest BCUT2D eigenvalue weighted by molar-refractivity contribution is 5.05. The van der Waals surface area contributed by atoms with Gasteiger partial charge in [0.25, 0.3) is 0 Å². The number of hydrogen-bond acceptors (Lipinski definition) is 2. The molecule has 1 spiro atoms. The van der Waals surface area contributed by atoms with E-state index in [4.69, 9.17) is 0 Å². The van der Waals surface area contributed by atoms with Crippen LogP contribution in [0.1, 0.15) is 40.5 Å². The first-order valence-electron chi connectivity index (χ1n) is 6.60. The van der Waals surface area contributed by atoms with Gasteiger partial charge in [-0.3, -0.25) is 9.80 Å². The molecule has 0 radical (unpaired) electrons. The van der Waals surface area contributed by atoms with Crippen molar-refractivity contribution in [2.75, 3.05) is 33.2 Å². The van der Waals surface area contributed by atoms with Gasteiger partial charge >= 0.3 is 0 Å². The van der Waals surface area contributed by atoms with E-state index in [1.165, 1.54) is 39.0 Å². The normalized spacial score (nSPS) is 30.6. The number of likely N-dealkylation sites (tertiary alicyclic amines) is 2. The van der Waals surface area contributed by atoms with E-state index in [1.54, 1.807) is 0 Å². The topological polar surface area (TPSA) is 6.48 Å². The lowest BCUT2D eigenvalue weighted by Crippen LogP contribution is -2.71. The third-order valence-corrected chi connectivity index (χ3v) is 3.98. The van der Waals surface area contributed by atoms with Gasteiger partial charge in [0, 0.05) is 18.6 Å². The van der Waals surface area contributed by atoms with E-state index < -0.39 is 0 Å². The second kappa shape index (κ2) is 5.31. The molecule has 2 heteroatoms. The number of piperidine rings is 1. The van der Waals surface area contributed by atoms with E-state index in [2.05, 4.69) is 30.7 Å². The highest BCUT2D eigenvalue weighted by atomic mass is 15.3. The Morgan fingerprint density at radius 3 is 2.40 bits per heavy atom. The molecule has 0 aliphatic carbocycles. The molecule has 2 aliphatic heterocycles. The maximum Gasteiger partial charge on any atom is 0.0462 e. The van der Waals surface area contributed by atoms with Gasteiger partial charge in [0.15, 0.2) is 0 Å². The lowest BCUT2D eigenvalue weighted by atomic mass is 9.76. The molecule has 0 amide bonds. The van der Waals surface area contributed by atoms with Gasteiger partial charge in [0.1, 0.15) is 0 Å². The smallest absolute Gasteiger partial charge is 0.0462 e. The molecule has 90 valence electrons. The predicted octanol–water partition coefficient (Wildman–Crippen LogP) is 2.45. The second-order valence-electron chi connectivity index (χ2n) is 5.05. The van der Waals surface area contributed by atoms with Crippen LogP contribution in [0.5, 0.6) is 0 Å². The minimum atomic E-state index is 0.563. The van der Waals surface area contributed by atoms with Crippen LogP contribution in [0.25, 0.3) is 0 Å². The second-order valence-corrected chi connectivity index (χ2v) is 5.05. The van der Waals surface area contributed by atoms with Crippen molar-refractivity contribution < 1.29 is 0 Å². The van der Waals surface area contributed by atoms with Gasteiger partial charge in [-0.1, -0.05) is 27.7 Å². The summed E-state index contributed by atoms with van der Waals surface area (Å²) in [5, 5.41) is 0. The van der Waals surface area contributed by atoms with Gasteiger partial charge in [-0.2, -0.15) is 0 Å². The first kappa shape index (κ1) is 13.0. The van der Waals surface area contributed by atoms with E-state index in [-0.39, 0.29) is 0 Å². The number of hydrogen-bond donors (Lipinski definition) is 0. The van der Waals surface area contributed by atoms with E-state index in [0.29, 0.717) is 5.54 Å². The molecule has 2 fully saturated rings. The summed E-state index contributed by atoms with van der Waals surface area (Å²) in [6, 6.07) is 0. The number of rotatable bonds is 1. The fourth-order valence-electron chi connectivity index (χ4n) is 2.94. The van der Waals surface area contributed by atoms with Crippen LogP contribution in [0.4, 0.5) is 0 Å². The third kappa shape index (κ3) is 2.54. The monoisotopic (exact) mass is 212 g/mol. The first-order valence-corrected chi connectivity index (χ1v) is 6.60. The summed E-state index contributed by atoms with van der Waals surface area (Å²) in [6.07, 6.45) is 2.81. The molecule has 2 nitrogen and oxygen atoms in total. The van der Waals surface area contributed by atoms with Crippen molar-refractivity contribution in [2.45, 2.75) is 46.1 Å². The van der Waals surface area contributed by atoms with Crippen LogP contribution in [-0.4, -0.2) is 48.6 Å². The van der Waals surface area contributed by atoms with Gasteiger partial charge in [-0.25, -0.2) is 0 Å². The molecule has 2 aliphatic rings. The molecule has 1 unspecified atom stereocenters. The largest absolute Gasteiger partial charge is 0.300 e. The van der Waals surface area contributed by atoms with Crippen LogP contribution < -0.4 is 0 Å². The summed E-state index contributed by atoms with van der Waals surface area (Å²) in [7, 11) is 2.30. The van der Waals surface area contributed by atoms with Crippen molar-refractivity contribution in [2.24, 2.45) is 5.92 Å². The lowest BCUT2D eigenvalue weighted by Gasteiger charge is -2.58. The third-order valence-electron chi connectivity index (χ3n) is 3.98. The number of likely N-dealkylation sites (N-methyl/N-ethyl adjacent to an activating group) is 2. The van der Waals surface area contributed by atoms with Gasteiger partial charge in [-0.15, -0.1) is 0 Å². The van der Waals surface area contributed by atoms with Gasteiger partial charge in [0.2, 0.25) is 0 Å². The van der Waals surface area contributed by atoms with Crippen molar-refractivity contribution in [3.8, 4) is 0 Å². The Balaban J connectivity index is 0.000000531. The van der Waals surface area contributed by atoms with Gasteiger partial charge in [0.05, 0.1) is 0 Å². The van der Waals surface area contributed by atoms with Gasteiger partial charge < -0.3 is 0 Å². The van der Waals surface area contributed by atoms with Crippen LogP contribution >= 0.6 is 0 Å². The molecule has 0 aromatic heterocycles. The van der Waals surface area contributed by atoms with Crippen LogP contribution in [-0.2, 0) is 0 Å². The summed E-state index contributed by atoms with van der Waals surface area (Å²) in [5.74, 6) is 0.940. The molecule has 2 heterocycles. The van der Waals surface area contributed by atoms with E-state index in [1.807, 2.05) is 13.8 Å². The van der Waals surface area contributed by atoms with Crippen LogP contribution in [0.3, 0.4) is 0 Å². The maximum absolute atomic E-state index is 2.60. The predicted molar refractivity (Wildman–Crippen MR) is 67.2 cm³/mol. The Hall–Kier alpha value is -0.0800. The highest BCUT2D eigenvalue weighted by Gasteiger charge is 2.47. The van der Waals surface area contributed by atoms with Crippen molar-refractivity contribution in [1.82, 2.24) is 9.80 Å². The molecule has 1 atom stereocenters. The summed E-state index contributed by atoms with van der Waals surface area (Å²) in [6.45, 7) is 13.8. The summed E-state index contributed by atoms with van der Waals surface area (Å²) in [5.41, 5.74) is 0.563. The van der Waals surface area contributed by atoms with Crippen LogP contribution in [0.15, 0.2) is 0 Å². The minimum Gasteiger partial charge on any atom is -0.300 e. The molecular formula is C13H28N2. The standard InChI is InChI=1S/C11H22N2.C2H6/c1-4-13-8-11(9-13)7-10(2)5-6-12(11)3;1-2/h10H,4-9H2,1-3H3;1-2H3. The summed E-state index contributed by atoms with van der Waals surface area (Å²) in [4.78, 5) is 5.15. The van der Waals surface area contributed by atoms with Crippen LogP contribution in [0.2, 0.25) is 0 Å². The zero-order valence-corrected chi connectivity index (χ0v) is 11.2. The Labute approximate surface area is 95.6 Å². The number of nitrogens with zero attached hydrogens (tertiary/aromatic N) is 2. The Morgan fingerprint density at radius 1 is 1.27 bits per heavy atom. The van der Waals surface area contributed by atoms with E-state index in [9.17, 15) is 0 Å².